The molecule has 0 aromatic heterocycles. The van der Waals surface area contributed by atoms with E-state index in [1.807, 2.05) is 0 Å². The fraction of sp³-hybridized carbons (Fsp3) is 0.385. The van der Waals surface area contributed by atoms with Gasteiger partial charge in [-0.25, -0.2) is 0 Å². The number of ether oxygens (including phenoxy) is 2. The zero-order valence-electron chi connectivity index (χ0n) is 10.6. The molecule has 1 aromatic rings. The van der Waals surface area contributed by atoms with Crippen LogP contribution in [0.3, 0.4) is 0 Å². The highest BCUT2D eigenvalue weighted by molar-refractivity contribution is 6.02. The zero-order chi connectivity index (χ0) is 13.8. The maximum Gasteiger partial charge on any atom is 0.312 e. The number of fused-ring (bicyclic) bond motifs is 1. The van der Waals surface area contributed by atoms with Crippen LogP contribution in [-0.4, -0.2) is 37.2 Å². The minimum absolute atomic E-state index is 0.484. The van der Waals surface area contributed by atoms with Crippen molar-refractivity contribution in [3.63, 3.8) is 0 Å². The number of carboxylic acids is 1. The van der Waals surface area contributed by atoms with Gasteiger partial charge in [0, 0.05) is 25.2 Å². The average molecular weight is 265 g/mol. The Kier molecular flexibility index (Phi) is 3.89. The summed E-state index contributed by atoms with van der Waals surface area (Å²) in [4.78, 5) is 23.5. The van der Waals surface area contributed by atoms with Gasteiger partial charge in [-0.05, 0) is 12.1 Å². The van der Waals surface area contributed by atoms with Crippen molar-refractivity contribution in [1.29, 1.82) is 0 Å². The van der Waals surface area contributed by atoms with Crippen LogP contribution in [0.15, 0.2) is 18.2 Å². The molecular formula is C13H15NO5. The van der Waals surface area contributed by atoms with Gasteiger partial charge >= 0.3 is 5.97 Å². The molecule has 0 radical (unpaired) electrons. The number of hydrogen-bond acceptors (Lipinski definition) is 4. The van der Waals surface area contributed by atoms with E-state index in [4.69, 9.17) is 14.6 Å². The number of carbonyl (C=O) groups excluding carboxylic acids is 1. The number of hydrogen-bond donors (Lipinski definition) is 1. The van der Waals surface area contributed by atoms with Crippen molar-refractivity contribution >= 4 is 17.6 Å². The van der Waals surface area contributed by atoms with E-state index in [-0.39, 0.29) is 0 Å². The summed E-state index contributed by atoms with van der Waals surface area (Å²) in [6.07, 6.45) is 0.267. The number of amides is 1. The lowest BCUT2D eigenvalue weighted by Gasteiger charge is -2.18. The molecule has 0 unspecified atom stereocenters. The second-order valence-corrected chi connectivity index (χ2v) is 4.20. The van der Waals surface area contributed by atoms with Crippen molar-refractivity contribution in [3.8, 4) is 11.5 Å². The van der Waals surface area contributed by atoms with Crippen molar-refractivity contribution in [3.05, 3.63) is 18.2 Å². The minimum atomic E-state index is -1.15. The first-order valence-electron chi connectivity index (χ1n) is 5.96. The Bertz CT molecular complexity index is 500. The molecule has 102 valence electrons. The van der Waals surface area contributed by atoms with Crippen LogP contribution < -0.4 is 14.4 Å². The van der Waals surface area contributed by atoms with Crippen LogP contribution in [0, 0.1) is 0 Å². The first-order valence-corrected chi connectivity index (χ1v) is 5.96. The van der Waals surface area contributed by atoms with Gasteiger partial charge in [-0.2, -0.15) is 0 Å². The Morgan fingerprint density at radius 3 is 2.63 bits per heavy atom. The summed E-state index contributed by atoms with van der Waals surface area (Å²) in [7, 11) is 1.53. The average Bonchev–Trinajstić information content (AvgIpc) is 2.61. The van der Waals surface area contributed by atoms with Gasteiger partial charge in [0.1, 0.15) is 6.42 Å². The topological polar surface area (TPSA) is 76.1 Å². The normalized spacial score (nSPS) is 13.5. The molecule has 2 rings (SSSR count). The first kappa shape index (κ1) is 13.2. The minimum Gasteiger partial charge on any atom is -0.490 e. The zero-order valence-corrected chi connectivity index (χ0v) is 10.6. The third-order valence-electron chi connectivity index (χ3n) is 2.79. The number of nitrogens with zero attached hydrogens (tertiary/aromatic N) is 1. The summed E-state index contributed by atoms with van der Waals surface area (Å²) in [5.41, 5.74) is 0.579. The highest BCUT2D eigenvalue weighted by atomic mass is 16.5. The molecule has 6 heteroatoms. The predicted molar refractivity (Wildman–Crippen MR) is 67.7 cm³/mol. The Morgan fingerprint density at radius 1 is 1.26 bits per heavy atom. The summed E-state index contributed by atoms with van der Waals surface area (Å²) >= 11 is 0. The quantitative estimate of drug-likeness (QED) is 0.833. The molecule has 0 bridgehead atoms. The van der Waals surface area contributed by atoms with Crippen LogP contribution in [0.5, 0.6) is 11.5 Å². The smallest absolute Gasteiger partial charge is 0.312 e. The Morgan fingerprint density at radius 2 is 1.95 bits per heavy atom. The molecule has 0 atom stereocenters. The number of carbonyl (C=O) groups is 2. The first-order chi connectivity index (χ1) is 9.08. The van der Waals surface area contributed by atoms with Gasteiger partial charge in [-0.3, -0.25) is 9.59 Å². The molecule has 1 heterocycles. The lowest BCUT2D eigenvalue weighted by molar-refractivity contribution is -0.140. The van der Waals surface area contributed by atoms with Crippen molar-refractivity contribution in [1.82, 2.24) is 0 Å². The van der Waals surface area contributed by atoms with Crippen molar-refractivity contribution in [2.45, 2.75) is 12.8 Å². The van der Waals surface area contributed by atoms with E-state index < -0.39 is 18.3 Å². The van der Waals surface area contributed by atoms with Crippen LogP contribution in [0.4, 0.5) is 5.69 Å². The van der Waals surface area contributed by atoms with Crippen LogP contribution >= 0.6 is 0 Å². The number of benzene rings is 1. The van der Waals surface area contributed by atoms with Gasteiger partial charge in [0.25, 0.3) is 0 Å². The summed E-state index contributed by atoms with van der Waals surface area (Å²) in [6, 6.07) is 5.11. The molecule has 1 aliphatic heterocycles. The van der Waals surface area contributed by atoms with Gasteiger partial charge < -0.3 is 19.5 Å². The van der Waals surface area contributed by atoms with Crippen LogP contribution in [0.2, 0.25) is 0 Å². The fourth-order valence-corrected chi connectivity index (χ4v) is 1.75. The van der Waals surface area contributed by atoms with Gasteiger partial charge in [-0.1, -0.05) is 0 Å². The van der Waals surface area contributed by atoms with Gasteiger partial charge in [0.05, 0.1) is 13.2 Å². The third kappa shape index (κ3) is 3.15. The molecule has 6 nitrogen and oxygen atoms in total. The maximum atomic E-state index is 11.7. The number of anilines is 1. The second-order valence-electron chi connectivity index (χ2n) is 4.20. The molecule has 1 amide bonds. The van der Waals surface area contributed by atoms with Gasteiger partial charge in [0.15, 0.2) is 11.5 Å². The van der Waals surface area contributed by atoms with E-state index >= 15 is 0 Å². The Labute approximate surface area is 110 Å². The molecule has 0 aliphatic carbocycles. The Balaban J connectivity index is 2.19. The summed E-state index contributed by atoms with van der Waals surface area (Å²) in [5.74, 6) is -0.418. The van der Waals surface area contributed by atoms with Crippen molar-refractivity contribution < 1.29 is 24.2 Å². The van der Waals surface area contributed by atoms with E-state index in [9.17, 15) is 9.59 Å². The molecular weight excluding hydrogens is 250 g/mol. The molecule has 0 saturated carbocycles. The second kappa shape index (κ2) is 5.60. The lowest BCUT2D eigenvalue weighted by atomic mass is 10.2. The number of rotatable bonds is 3. The number of carboxylic acid groups (broad SMARTS) is 1. The molecule has 0 fully saturated rings. The third-order valence-corrected chi connectivity index (χ3v) is 2.79. The Hall–Kier alpha value is -2.24. The summed E-state index contributed by atoms with van der Waals surface area (Å²) in [6.45, 7) is 1.16. The van der Waals surface area contributed by atoms with Crippen LogP contribution in [0.25, 0.3) is 0 Å². The van der Waals surface area contributed by atoms with Gasteiger partial charge in [-0.15, -0.1) is 0 Å². The number of aliphatic carboxylic acids is 1. The van der Waals surface area contributed by atoms with Crippen LogP contribution in [0.1, 0.15) is 12.8 Å². The predicted octanol–water partition coefficient (Wildman–Crippen LogP) is 1.29. The van der Waals surface area contributed by atoms with E-state index in [1.165, 1.54) is 11.9 Å². The maximum absolute atomic E-state index is 11.7. The summed E-state index contributed by atoms with van der Waals surface area (Å²) < 4.78 is 11.0. The molecule has 0 spiro atoms. The van der Waals surface area contributed by atoms with Crippen molar-refractivity contribution in [2.24, 2.45) is 0 Å². The molecule has 19 heavy (non-hydrogen) atoms. The summed E-state index contributed by atoms with van der Waals surface area (Å²) in [5, 5.41) is 8.62. The SMILES string of the molecule is CN(C(=O)CC(=O)O)c1ccc2c(c1)OCCCO2. The monoisotopic (exact) mass is 265 g/mol. The molecule has 1 aliphatic rings. The highest BCUT2D eigenvalue weighted by Gasteiger charge is 2.17. The van der Waals surface area contributed by atoms with E-state index in [0.717, 1.165) is 6.42 Å². The van der Waals surface area contributed by atoms with Crippen LogP contribution in [-0.2, 0) is 9.59 Å². The fourth-order valence-electron chi connectivity index (χ4n) is 1.75. The highest BCUT2D eigenvalue weighted by Crippen LogP contribution is 2.33. The lowest BCUT2D eigenvalue weighted by Crippen LogP contribution is -2.28. The molecule has 1 aromatic carbocycles. The van der Waals surface area contributed by atoms with E-state index in [0.29, 0.717) is 30.4 Å². The molecule has 1 N–H and O–H groups in total. The van der Waals surface area contributed by atoms with E-state index in [2.05, 4.69) is 0 Å². The van der Waals surface area contributed by atoms with Crippen molar-refractivity contribution in [2.75, 3.05) is 25.2 Å². The van der Waals surface area contributed by atoms with Gasteiger partial charge in [0.2, 0.25) is 5.91 Å². The van der Waals surface area contributed by atoms with E-state index in [1.54, 1.807) is 18.2 Å². The standard InChI is InChI=1S/C13H15NO5/c1-14(12(15)8-13(16)17)9-3-4-10-11(7-9)19-6-2-5-18-10/h3-4,7H,2,5-6,8H2,1H3,(H,16,17). The molecule has 0 saturated heterocycles. The largest absolute Gasteiger partial charge is 0.490 e.